The van der Waals surface area contributed by atoms with Crippen LogP contribution in [0.1, 0.15) is 58.8 Å². The summed E-state index contributed by atoms with van der Waals surface area (Å²) in [5.41, 5.74) is -1.02. The topological polar surface area (TPSA) is 60.9 Å². The molecule has 5 heteroatoms. The van der Waals surface area contributed by atoms with Crippen molar-refractivity contribution in [2.24, 2.45) is 5.92 Å². The summed E-state index contributed by atoms with van der Waals surface area (Å²) in [7, 11) is 0. The maximum Gasteiger partial charge on any atom is 0.329 e. The Balaban J connectivity index is 2.01. The van der Waals surface area contributed by atoms with Crippen LogP contribution in [0, 0.1) is 5.92 Å². The second-order valence-electron chi connectivity index (χ2n) is 6.69. The Labute approximate surface area is 127 Å². The minimum Gasteiger partial charge on any atom is -0.480 e. The van der Waals surface area contributed by atoms with E-state index in [0.717, 1.165) is 38.3 Å². The lowest BCUT2D eigenvalue weighted by atomic mass is 9.96. The number of aliphatic carboxylic acids is 1. The fraction of sp³-hybridized carbons (Fsp3) is 0.875. The number of hydrogen-bond donors (Lipinski definition) is 1. The van der Waals surface area contributed by atoms with E-state index in [-0.39, 0.29) is 6.03 Å². The van der Waals surface area contributed by atoms with Crippen molar-refractivity contribution in [1.29, 1.82) is 0 Å². The quantitative estimate of drug-likeness (QED) is 0.871. The molecular weight excluding hydrogens is 268 g/mol. The molecule has 0 aromatic heterocycles. The van der Waals surface area contributed by atoms with Gasteiger partial charge in [0.25, 0.3) is 0 Å². The van der Waals surface area contributed by atoms with Crippen LogP contribution >= 0.6 is 0 Å². The lowest BCUT2D eigenvalue weighted by molar-refractivity contribution is -0.147. The first-order chi connectivity index (χ1) is 9.99. The summed E-state index contributed by atoms with van der Waals surface area (Å²) >= 11 is 0. The average Bonchev–Trinajstić information content (AvgIpc) is 2.70. The predicted octanol–water partition coefficient (Wildman–Crippen LogP) is 2.95. The van der Waals surface area contributed by atoms with Crippen LogP contribution < -0.4 is 0 Å². The minimum atomic E-state index is -1.02. The van der Waals surface area contributed by atoms with Gasteiger partial charge in [0.2, 0.25) is 0 Å². The lowest BCUT2D eigenvalue weighted by Gasteiger charge is -2.35. The van der Waals surface area contributed by atoms with Gasteiger partial charge in [-0.1, -0.05) is 19.8 Å². The maximum absolute atomic E-state index is 12.7. The van der Waals surface area contributed by atoms with Crippen molar-refractivity contribution in [1.82, 2.24) is 9.80 Å². The first-order valence-electron chi connectivity index (χ1n) is 8.29. The molecule has 2 fully saturated rings. The highest BCUT2D eigenvalue weighted by atomic mass is 16.4. The van der Waals surface area contributed by atoms with Gasteiger partial charge in [-0.05, 0) is 44.9 Å². The molecule has 2 amide bonds. The van der Waals surface area contributed by atoms with Gasteiger partial charge in [-0.25, -0.2) is 9.59 Å². The van der Waals surface area contributed by atoms with Gasteiger partial charge in [0.15, 0.2) is 0 Å². The number of carbonyl (C=O) groups is 2. The number of amides is 2. The molecule has 21 heavy (non-hydrogen) atoms. The van der Waals surface area contributed by atoms with Crippen molar-refractivity contribution in [3.05, 3.63) is 0 Å². The van der Waals surface area contributed by atoms with Crippen LogP contribution in [0.3, 0.4) is 0 Å². The van der Waals surface area contributed by atoms with Gasteiger partial charge >= 0.3 is 12.0 Å². The molecule has 0 radical (unpaired) electrons. The van der Waals surface area contributed by atoms with Crippen LogP contribution in [0.15, 0.2) is 0 Å². The Bertz CT molecular complexity index is 399. The molecule has 2 rings (SSSR count). The predicted molar refractivity (Wildman–Crippen MR) is 81.2 cm³/mol. The summed E-state index contributed by atoms with van der Waals surface area (Å²) in [6.45, 7) is 5.99. The lowest BCUT2D eigenvalue weighted by Crippen LogP contribution is -2.55. The Morgan fingerprint density at radius 3 is 2.62 bits per heavy atom. The van der Waals surface area contributed by atoms with Gasteiger partial charge < -0.3 is 14.9 Å². The van der Waals surface area contributed by atoms with Crippen molar-refractivity contribution in [2.45, 2.75) is 64.3 Å². The van der Waals surface area contributed by atoms with E-state index >= 15 is 0 Å². The third-order valence-electron chi connectivity index (χ3n) is 5.15. The molecule has 0 aromatic rings. The van der Waals surface area contributed by atoms with Gasteiger partial charge in [0.05, 0.1) is 0 Å². The molecule has 2 aliphatic rings. The van der Waals surface area contributed by atoms with E-state index in [0.29, 0.717) is 13.0 Å². The van der Waals surface area contributed by atoms with E-state index in [1.807, 2.05) is 4.90 Å². The van der Waals surface area contributed by atoms with Crippen molar-refractivity contribution in [3.63, 3.8) is 0 Å². The summed E-state index contributed by atoms with van der Waals surface area (Å²) in [5, 5.41) is 9.45. The Morgan fingerprint density at radius 1 is 1.19 bits per heavy atom. The van der Waals surface area contributed by atoms with Gasteiger partial charge in [0.1, 0.15) is 5.54 Å². The molecule has 2 heterocycles. The molecule has 5 nitrogen and oxygen atoms in total. The molecule has 2 atom stereocenters. The van der Waals surface area contributed by atoms with Gasteiger partial charge in [-0.3, -0.25) is 0 Å². The molecule has 2 unspecified atom stereocenters. The summed E-state index contributed by atoms with van der Waals surface area (Å²) < 4.78 is 0. The SMILES string of the molecule is CCCC1CCCN(C(=O)N2CCCC2(C)C(=O)O)CC1. The highest BCUT2D eigenvalue weighted by molar-refractivity contribution is 5.86. The summed E-state index contributed by atoms with van der Waals surface area (Å²) in [6.07, 6.45) is 7.04. The summed E-state index contributed by atoms with van der Waals surface area (Å²) in [5.74, 6) is -0.163. The smallest absolute Gasteiger partial charge is 0.329 e. The number of nitrogens with zero attached hydrogens (tertiary/aromatic N) is 2. The number of carbonyl (C=O) groups excluding carboxylic acids is 1. The van der Waals surface area contributed by atoms with Gasteiger partial charge in [-0.2, -0.15) is 0 Å². The van der Waals surface area contributed by atoms with Crippen molar-refractivity contribution in [3.8, 4) is 0 Å². The Kier molecular flexibility index (Phi) is 5.12. The normalized spacial score (nSPS) is 30.3. The van der Waals surface area contributed by atoms with Gasteiger partial charge in [-0.15, -0.1) is 0 Å². The van der Waals surface area contributed by atoms with Crippen molar-refractivity contribution in [2.75, 3.05) is 19.6 Å². The fourth-order valence-electron chi connectivity index (χ4n) is 3.72. The second kappa shape index (κ2) is 6.67. The standard InChI is InChI=1S/C16H28N2O3/c1-3-6-13-7-4-10-17(12-8-13)15(21)18-11-5-9-16(18,2)14(19)20/h13H,3-12H2,1-2H3,(H,19,20). The van der Waals surface area contributed by atoms with E-state index in [2.05, 4.69) is 6.92 Å². The molecule has 0 bridgehead atoms. The van der Waals surface area contributed by atoms with Crippen LogP contribution in [0.25, 0.3) is 0 Å². The first-order valence-corrected chi connectivity index (χ1v) is 8.29. The molecule has 0 saturated carbocycles. The van der Waals surface area contributed by atoms with Crippen LogP contribution in [0.5, 0.6) is 0 Å². The largest absolute Gasteiger partial charge is 0.480 e. The first kappa shape index (κ1) is 16.1. The van der Waals surface area contributed by atoms with E-state index in [1.54, 1.807) is 11.8 Å². The summed E-state index contributed by atoms with van der Waals surface area (Å²) in [4.78, 5) is 27.7. The number of urea groups is 1. The molecule has 0 aliphatic carbocycles. The van der Waals surface area contributed by atoms with E-state index < -0.39 is 11.5 Å². The zero-order chi connectivity index (χ0) is 15.5. The molecule has 2 aliphatic heterocycles. The number of likely N-dealkylation sites (tertiary alicyclic amines) is 2. The van der Waals surface area contributed by atoms with Crippen LogP contribution in [0.4, 0.5) is 4.79 Å². The monoisotopic (exact) mass is 296 g/mol. The molecule has 1 N–H and O–H groups in total. The van der Waals surface area contributed by atoms with E-state index in [9.17, 15) is 14.7 Å². The van der Waals surface area contributed by atoms with Gasteiger partial charge in [0, 0.05) is 19.6 Å². The maximum atomic E-state index is 12.7. The third-order valence-corrected chi connectivity index (χ3v) is 5.15. The van der Waals surface area contributed by atoms with Crippen molar-refractivity contribution >= 4 is 12.0 Å². The third kappa shape index (κ3) is 3.33. The Morgan fingerprint density at radius 2 is 1.95 bits per heavy atom. The van der Waals surface area contributed by atoms with Crippen molar-refractivity contribution < 1.29 is 14.7 Å². The van der Waals surface area contributed by atoms with Crippen LogP contribution in [0.2, 0.25) is 0 Å². The highest BCUT2D eigenvalue weighted by Gasteiger charge is 2.47. The highest BCUT2D eigenvalue weighted by Crippen LogP contribution is 2.31. The summed E-state index contributed by atoms with van der Waals surface area (Å²) in [6, 6.07) is -0.0745. The number of rotatable bonds is 3. The molecule has 0 aromatic carbocycles. The molecule has 0 spiro atoms. The zero-order valence-corrected chi connectivity index (χ0v) is 13.3. The second-order valence-corrected chi connectivity index (χ2v) is 6.69. The Hall–Kier alpha value is -1.26. The van der Waals surface area contributed by atoms with Crippen LogP contribution in [-0.4, -0.2) is 52.1 Å². The number of hydrogen-bond acceptors (Lipinski definition) is 2. The molecular formula is C16H28N2O3. The number of carboxylic acid groups (broad SMARTS) is 1. The zero-order valence-electron chi connectivity index (χ0n) is 13.3. The molecule has 120 valence electrons. The van der Waals surface area contributed by atoms with E-state index in [1.165, 1.54) is 19.3 Å². The fourth-order valence-corrected chi connectivity index (χ4v) is 3.72. The van der Waals surface area contributed by atoms with E-state index in [4.69, 9.17) is 0 Å². The van der Waals surface area contributed by atoms with Crippen LogP contribution in [-0.2, 0) is 4.79 Å². The number of carboxylic acids is 1. The minimum absolute atomic E-state index is 0.0745. The molecule has 2 saturated heterocycles. The average molecular weight is 296 g/mol.